The van der Waals surface area contributed by atoms with Crippen LogP contribution in [0.1, 0.15) is 16.1 Å². The molecule has 0 saturated heterocycles. The van der Waals surface area contributed by atoms with Gasteiger partial charge in [0.05, 0.1) is 6.54 Å². The monoisotopic (exact) mass is 299 g/mol. The van der Waals surface area contributed by atoms with Gasteiger partial charge < -0.3 is 0 Å². The second-order valence-corrected chi connectivity index (χ2v) is 4.71. The topological polar surface area (TPSA) is 47.8 Å². The van der Waals surface area contributed by atoms with Crippen LogP contribution < -0.4 is 0 Å². The van der Waals surface area contributed by atoms with E-state index >= 15 is 0 Å². The summed E-state index contributed by atoms with van der Waals surface area (Å²) in [5.41, 5.74) is 1.38. The molecule has 0 fully saturated rings. The van der Waals surface area contributed by atoms with Gasteiger partial charge in [0, 0.05) is 5.56 Å². The van der Waals surface area contributed by atoms with Crippen molar-refractivity contribution < 1.29 is 13.6 Å². The second-order valence-electron chi connectivity index (χ2n) is 4.71. The van der Waals surface area contributed by atoms with Crippen LogP contribution in [0.2, 0.25) is 0 Å². The molecule has 0 N–H and O–H groups in total. The van der Waals surface area contributed by atoms with Crippen LogP contribution in [0.25, 0.3) is 11.3 Å². The molecule has 110 valence electrons. The summed E-state index contributed by atoms with van der Waals surface area (Å²) >= 11 is 0. The molecule has 0 aliphatic heterocycles. The lowest BCUT2D eigenvalue weighted by molar-refractivity contribution is 0.111. The Kier molecular flexibility index (Phi) is 3.74. The minimum atomic E-state index is -0.465. The van der Waals surface area contributed by atoms with Gasteiger partial charge in [0.1, 0.15) is 17.3 Å². The quantitative estimate of drug-likeness (QED) is 0.696. The van der Waals surface area contributed by atoms with Gasteiger partial charge in [-0.05, 0) is 29.8 Å². The van der Waals surface area contributed by atoms with Crippen molar-refractivity contribution in [1.29, 1.82) is 0 Å². The highest BCUT2D eigenvalue weighted by Crippen LogP contribution is 2.25. The molecular formula is C16H11F2N3O. The first-order chi connectivity index (χ1) is 10.7. The molecule has 1 aromatic heterocycles. The first kappa shape index (κ1) is 14.1. The number of carbonyl (C=O) groups is 1. The SMILES string of the molecule is O=Cc1nnn(Cc2ccc(F)cc2)c1-c1ccccc1F. The van der Waals surface area contributed by atoms with Gasteiger partial charge in [0.25, 0.3) is 0 Å². The minimum Gasteiger partial charge on any atom is -0.296 e. The van der Waals surface area contributed by atoms with E-state index in [0.717, 1.165) is 5.56 Å². The van der Waals surface area contributed by atoms with Crippen LogP contribution in [0, 0.1) is 11.6 Å². The van der Waals surface area contributed by atoms with E-state index in [0.29, 0.717) is 12.0 Å². The molecule has 4 nitrogen and oxygen atoms in total. The van der Waals surface area contributed by atoms with Gasteiger partial charge in [-0.2, -0.15) is 0 Å². The Bertz CT molecular complexity index is 813. The highest BCUT2D eigenvalue weighted by atomic mass is 19.1. The third-order valence-electron chi connectivity index (χ3n) is 3.25. The lowest BCUT2D eigenvalue weighted by atomic mass is 10.1. The molecule has 0 saturated carbocycles. The maximum Gasteiger partial charge on any atom is 0.172 e. The molecule has 0 aliphatic rings. The van der Waals surface area contributed by atoms with Crippen LogP contribution in [0.15, 0.2) is 48.5 Å². The molecular weight excluding hydrogens is 288 g/mol. The molecule has 0 amide bonds. The average molecular weight is 299 g/mol. The second kappa shape index (κ2) is 5.85. The normalized spacial score (nSPS) is 10.6. The fraction of sp³-hybridized carbons (Fsp3) is 0.0625. The molecule has 0 atom stereocenters. The van der Waals surface area contributed by atoms with Crippen molar-refractivity contribution in [3.8, 4) is 11.3 Å². The third-order valence-corrected chi connectivity index (χ3v) is 3.25. The number of halogens is 2. The molecule has 3 aromatic rings. The first-order valence-corrected chi connectivity index (χ1v) is 6.57. The van der Waals surface area contributed by atoms with Gasteiger partial charge in [-0.3, -0.25) is 4.79 Å². The molecule has 22 heavy (non-hydrogen) atoms. The summed E-state index contributed by atoms with van der Waals surface area (Å²) in [5.74, 6) is -0.807. The van der Waals surface area contributed by atoms with E-state index in [2.05, 4.69) is 10.3 Å². The maximum atomic E-state index is 14.0. The number of hydrogen-bond acceptors (Lipinski definition) is 3. The van der Waals surface area contributed by atoms with Crippen LogP contribution in [-0.4, -0.2) is 21.3 Å². The Hall–Kier alpha value is -2.89. The molecule has 0 aliphatic carbocycles. The van der Waals surface area contributed by atoms with Crippen molar-refractivity contribution in [3.05, 3.63) is 71.4 Å². The number of rotatable bonds is 4. The van der Waals surface area contributed by atoms with Crippen molar-refractivity contribution >= 4 is 6.29 Å². The molecule has 2 aromatic carbocycles. The van der Waals surface area contributed by atoms with E-state index < -0.39 is 5.82 Å². The summed E-state index contributed by atoms with van der Waals surface area (Å²) in [6.45, 7) is 0.255. The Labute approximate surface area is 125 Å². The van der Waals surface area contributed by atoms with Crippen LogP contribution >= 0.6 is 0 Å². The van der Waals surface area contributed by atoms with Gasteiger partial charge in [0.2, 0.25) is 0 Å². The largest absolute Gasteiger partial charge is 0.296 e. The molecule has 0 spiro atoms. The highest BCUT2D eigenvalue weighted by molar-refractivity contribution is 5.83. The van der Waals surface area contributed by atoms with E-state index in [1.807, 2.05) is 0 Å². The number of benzene rings is 2. The maximum absolute atomic E-state index is 14.0. The minimum absolute atomic E-state index is 0.0622. The van der Waals surface area contributed by atoms with Crippen molar-refractivity contribution in [1.82, 2.24) is 15.0 Å². The molecule has 6 heteroatoms. The van der Waals surface area contributed by atoms with Crippen molar-refractivity contribution in [2.45, 2.75) is 6.54 Å². The third kappa shape index (κ3) is 2.63. The predicted molar refractivity (Wildman–Crippen MR) is 76.3 cm³/mol. The van der Waals surface area contributed by atoms with Gasteiger partial charge in [-0.15, -0.1) is 5.10 Å². The van der Waals surface area contributed by atoms with Gasteiger partial charge in [0.15, 0.2) is 12.0 Å². The van der Waals surface area contributed by atoms with Crippen LogP contribution in [0.5, 0.6) is 0 Å². The Morgan fingerprint density at radius 3 is 2.45 bits per heavy atom. The fourth-order valence-corrected chi connectivity index (χ4v) is 2.21. The highest BCUT2D eigenvalue weighted by Gasteiger charge is 2.17. The van der Waals surface area contributed by atoms with Crippen LogP contribution in [0.3, 0.4) is 0 Å². The van der Waals surface area contributed by atoms with Gasteiger partial charge in [-0.25, -0.2) is 13.5 Å². The summed E-state index contributed by atoms with van der Waals surface area (Å²) in [6.07, 6.45) is 0.538. The summed E-state index contributed by atoms with van der Waals surface area (Å²) < 4.78 is 28.4. The van der Waals surface area contributed by atoms with Crippen molar-refractivity contribution in [2.75, 3.05) is 0 Å². The van der Waals surface area contributed by atoms with Crippen LogP contribution in [0.4, 0.5) is 8.78 Å². The van der Waals surface area contributed by atoms with E-state index in [-0.39, 0.29) is 23.6 Å². The number of carbonyl (C=O) groups excluding carboxylic acids is 1. The molecule has 0 radical (unpaired) electrons. The zero-order chi connectivity index (χ0) is 15.5. The summed E-state index contributed by atoms with van der Waals surface area (Å²) in [4.78, 5) is 11.1. The molecule has 3 rings (SSSR count). The lowest BCUT2D eigenvalue weighted by Crippen LogP contribution is -2.05. The zero-order valence-electron chi connectivity index (χ0n) is 11.4. The summed E-state index contributed by atoms with van der Waals surface area (Å²) in [5, 5.41) is 7.67. The van der Waals surface area contributed by atoms with Crippen molar-refractivity contribution in [2.24, 2.45) is 0 Å². The standard InChI is InChI=1S/C16H11F2N3O/c17-12-7-5-11(6-8-12)9-21-16(15(10-22)19-20-21)13-3-1-2-4-14(13)18/h1-8,10H,9H2. The smallest absolute Gasteiger partial charge is 0.172 e. The molecule has 1 heterocycles. The Balaban J connectivity index is 2.06. The Morgan fingerprint density at radius 1 is 1.05 bits per heavy atom. The zero-order valence-corrected chi connectivity index (χ0v) is 11.4. The average Bonchev–Trinajstić information content (AvgIpc) is 2.93. The fourth-order valence-electron chi connectivity index (χ4n) is 2.21. The van der Waals surface area contributed by atoms with Gasteiger partial charge in [-0.1, -0.05) is 29.5 Å². The van der Waals surface area contributed by atoms with E-state index in [1.165, 1.54) is 22.9 Å². The van der Waals surface area contributed by atoms with E-state index in [1.54, 1.807) is 30.3 Å². The van der Waals surface area contributed by atoms with Crippen molar-refractivity contribution in [3.63, 3.8) is 0 Å². The van der Waals surface area contributed by atoms with E-state index in [9.17, 15) is 13.6 Å². The van der Waals surface area contributed by atoms with Gasteiger partial charge >= 0.3 is 0 Å². The summed E-state index contributed by atoms with van der Waals surface area (Å²) in [6, 6.07) is 12.0. The Morgan fingerprint density at radius 2 is 1.77 bits per heavy atom. The lowest BCUT2D eigenvalue weighted by Gasteiger charge is -2.08. The molecule has 0 bridgehead atoms. The molecule has 0 unspecified atom stereocenters. The van der Waals surface area contributed by atoms with Crippen LogP contribution in [-0.2, 0) is 6.54 Å². The number of nitrogens with zero attached hydrogens (tertiary/aromatic N) is 3. The van der Waals surface area contributed by atoms with E-state index in [4.69, 9.17) is 0 Å². The predicted octanol–water partition coefficient (Wildman–Crippen LogP) is 3.08. The first-order valence-electron chi connectivity index (χ1n) is 6.57. The number of hydrogen-bond donors (Lipinski definition) is 0. The summed E-state index contributed by atoms with van der Waals surface area (Å²) in [7, 11) is 0. The number of aldehydes is 1. The number of aromatic nitrogens is 3.